The zero-order chi connectivity index (χ0) is 16.8. The third kappa shape index (κ3) is 3.26. The van der Waals surface area contributed by atoms with Crippen LogP contribution in [0.25, 0.3) is 0 Å². The lowest BCUT2D eigenvalue weighted by atomic mass is 10.00. The Hall–Kier alpha value is -1.47. The fourth-order valence-corrected chi connectivity index (χ4v) is 3.58. The van der Waals surface area contributed by atoms with Crippen molar-refractivity contribution in [3.8, 4) is 0 Å². The van der Waals surface area contributed by atoms with Crippen molar-refractivity contribution >= 4 is 22.3 Å². The molecule has 0 radical (unpaired) electrons. The predicted octanol–water partition coefficient (Wildman–Crippen LogP) is -2.56. The molecule has 3 aliphatic rings. The summed E-state index contributed by atoms with van der Waals surface area (Å²) >= 11 is 0. The van der Waals surface area contributed by atoms with E-state index in [4.69, 9.17) is 4.55 Å². The molecule has 0 aromatic rings. The van der Waals surface area contributed by atoms with Gasteiger partial charge in [-0.3, -0.25) is 9.35 Å². The summed E-state index contributed by atoms with van der Waals surface area (Å²) in [5.74, 6) is -0.404. The summed E-state index contributed by atoms with van der Waals surface area (Å²) in [5.41, 5.74) is 0. The number of hydroxylamine groups is 2. The molecule has 2 bridgehead atoms. The molecule has 0 aliphatic carbocycles. The van der Waals surface area contributed by atoms with Gasteiger partial charge in [-0.2, -0.15) is 13.5 Å². The first-order chi connectivity index (χ1) is 10.8. The molecule has 3 amide bonds. The Kier molecular flexibility index (Phi) is 4.18. The summed E-state index contributed by atoms with van der Waals surface area (Å²) in [6.07, 6.45) is 0.00874. The van der Waals surface area contributed by atoms with E-state index in [0.29, 0.717) is 31.0 Å². The van der Waals surface area contributed by atoms with Crippen LogP contribution in [0.15, 0.2) is 0 Å². The van der Waals surface area contributed by atoms with Gasteiger partial charge in [-0.25, -0.2) is 4.79 Å². The van der Waals surface area contributed by atoms with Crippen molar-refractivity contribution in [3.05, 3.63) is 0 Å². The van der Waals surface area contributed by atoms with E-state index in [2.05, 4.69) is 14.9 Å². The highest BCUT2D eigenvalue weighted by Gasteiger charge is 2.49. The molecule has 3 aliphatic heterocycles. The summed E-state index contributed by atoms with van der Waals surface area (Å²) in [6.45, 7) is 0.961. The lowest BCUT2D eigenvalue weighted by Crippen LogP contribution is -2.54. The number of rotatable bonds is 4. The summed E-state index contributed by atoms with van der Waals surface area (Å²) in [4.78, 5) is 25.8. The maximum Gasteiger partial charge on any atom is 0.418 e. The summed E-state index contributed by atoms with van der Waals surface area (Å²) in [5, 5.41) is 15.9. The highest BCUT2D eigenvalue weighted by Crippen LogP contribution is 2.30. The van der Waals surface area contributed by atoms with Crippen LogP contribution in [0.4, 0.5) is 4.79 Å². The quantitative estimate of drug-likeness (QED) is 0.405. The second-order valence-electron chi connectivity index (χ2n) is 5.85. The molecule has 0 spiro atoms. The SMILES string of the molecule is O=C(N[C@@H]1CNC[C@@H]1O)C1CCC2CN1C(=O)N2OS(=O)(=O)O. The average Bonchev–Trinajstić information content (AvgIpc) is 2.96. The second kappa shape index (κ2) is 5.87. The van der Waals surface area contributed by atoms with Crippen LogP contribution in [0.5, 0.6) is 0 Å². The number of nitrogens with zero attached hydrogens (tertiary/aromatic N) is 2. The van der Waals surface area contributed by atoms with Crippen molar-refractivity contribution in [2.45, 2.75) is 37.1 Å². The number of aliphatic hydroxyl groups excluding tert-OH is 1. The predicted molar refractivity (Wildman–Crippen MR) is 74.2 cm³/mol. The highest BCUT2D eigenvalue weighted by molar-refractivity contribution is 7.80. The number of piperidine rings is 1. The molecule has 3 heterocycles. The minimum atomic E-state index is -4.81. The van der Waals surface area contributed by atoms with Crippen molar-refractivity contribution < 1.29 is 31.9 Å². The van der Waals surface area contributed by atoms with Crippen molar-refractivity contribution in [1.82, 2.24) is 20.6 Å². The van der Waals surface area contributed by atoms with E-state index in [-0.39, 0.29) is 6.54 Å². The topological polar surface area (TPSA) is 149 Å². The van der Waals surface area contributed by atoms with Gasteiger partial charge in [0.25, 0.3) is 0 Å². The number of aliphatic hydroxyl groups is 1. The summed E-state index contributed by atoms with van der Waals surface area (Å²) < 4.78 is 34.6. The molecule has 0 aromatic heterocycles. The van der Waals surface area contributed by atoms with Gasteiger partial charge in [-0.05, 0) is 12.8 Å². The standard InChI is InChI=1S/C11H18N4O7S/c16-9-4-12-3-7(9)13-10(17)8-2-1-6-5-14(8)11(18)15(6)22-23(19,20)21/h6-9,12,16H,1-5H2,(H,13,17)(H,19,20,21)/t6?,7-,8?,9+/m1/s1. The van der Waals surface area contributed by atoms with E-state index in [1.807, 2.05) is 0 Å². The van der Waals surface area contributed by atoms with Crippen LogP contribution in [0.1, 0.15) is 12.8 Å². The Balaban J connectivity index is 1.67. The molecule has 4 atom stereocenters. The van der Waals surface area contributed by atoms with Crippen LogP contribution in [0, 0.1) is 0 Å². The molecule has 11 nitrogen and oxygen atoms in total. The Labute approximate surface area is 132 Å². The molecule has 0 aromatic carbocycles. The van der Waals surface area contributed by atoms with Crippen LogP contribution in [0.2, 0.25) is 0 Å². The van der Waals surface area contributed by atoms with Gasteiger partial charge in [0, 0.05) is 19.6 Å². The van der Waals surface area contributed by atoms with Crippen molar-refractivity contribution in [3.63, 3.8) is 0 Å². The minimum absolute atomic E-state index is 0.137. The number of carbonyl (C=O) groups excluding carboxylic acids is 2. The second-order valence-corrected chi connectivity index (χ2v) is 6.86. The lowest BCUT2D eigenvalue weighted by Gasteiger charge is -2.30. The van der Waals surface area contributed by atoms with Gasteiger partial charge in [0.1, 0.15) is 6.04 Å². The highest BCUT2D eigenvalue weighted by atomic mass is 32.3. The number of amides is 3. The van der Waals surface area contributed by atoms with Crippen LogP contribution >= 0.6 is 0 Å². The Morgan fingerprint density at radius 3 is 2.70 bits per heavy atom. The largest absolute Gasteiger partial charge is 0.418 e. The van der Waals surface area contributed by atoms with Crippen LogP contribution in [0.3, 0.4) is 0 Å². The van der Waals surface area contributed by atoms with Gasteiger partial charge < -0.3 is 20.6 Å². The molecular weight excluding hydrogens is 332 g/mol. The molecule has 3 fully saturated rings. The van der Waals surface area contributed by atoms with Crippen molar-refractivity contribution in [1.29, 1.82) is 0 Å². The molecule has 12 heteroatoms. The van der Waals surface area contributed by atoms with Gasteiger partial charge in [0.05, 0.1) is 18.2 Å². The third-order valence-electron chi connectivity index (χ3n) is 4.31. The molecule has 3 rings (SSSR count). The molecule has 3 saturated heterocycles. The first-order valence-corrected chi connectivity index (χ1v) is 8.59. The smallest absolute Gasteiger partial charge is 0.390 e. The molecule has 0 saturated carbocycles. The Bertz CT molecular complexity index is 611. The molecule has 130 valence electrons. The van der Waals surface area contributed by atoms with Crippen LogP contribution < -0.4 is 10.6 Å². The molecule has 2 unspecified atom stereocenters. The number of hydrogen-bond donors (Lipinski definition) is 4. The maximum absolute atomic E-state index is 12.4. The molecule has 23 heavy (non-hydrogen) atoms. The van der Waals surface area contributed by atoms with Crippen LogP contribution in [-0.2, 0) is 19.5 Å². The van der Waals surface area contributed by atoms with E-state index in [1.54, 1.807) is 0 Å². The average molecular weight is 350 g/mol. The van der Waals surface area contributed by atoms with Crippen molar-refractivity contribution in [2.75, 3.05) is 19.6 Å². The summed E-state index contributed by atoms with van der Waals surface area (Å²) in [7, 11) is -4.81. The first-order valence-electron chi connectivity index (χ1n) is 7.22. The zero-order valence-electron chi connectivity index (χ0n) is 12.1. The van der Waals surface area contributed by atoms with E-state index in [1.165, 1.54) is 4.90 Å². The van der Waals surface area contributed by atoms with Crippen LogP contribution in [-0.4, -0.2) is 83.8 Å². The number of nitrogens with one attached hydrogen (secondary N) is 2. The Morgan fingerprint density at radius 1 is 1.35 bits per heavy atom. The third-order valence-corrected chi connectivity index (χ3v) is 4.66. The van der Waals surface area contributed by atoms with Crippen molar-refractivity contribution in [2.24, 2.45) is 0 Å². The normalized spacial score (nSPS) is 34.1. The van der Waals surface area contributed by atoms with Gasteiger partial charge in [-0.15, -0.1) is 4.28 Å². The molecular formula is C11H18N4O7S. The number of carbonyl (C=O) groups is 2. The van der Waals surface area contributed by atoms with Gasteiger partial charge >= 0.3 is 16.4 Å². The minimum Gasteiger partial charge on any atom is -0.390 e. The van der Waals surface area contributed by atoms with Gasteiger partial charge in [-0.1, -0.05) is 0 Å². The van der Waals surface area contributed by atoms with E-state index in [9.17, 15) is 23.1 Å². The van der Waals surface area contributed by atoms with Gasteiger partial charge in [0.2, 0.25) is 5.91 Å². The number of fused-ring (bicyclic) bond motifs is 2. The van der Waals surface area contributed by atoms with E-state index in [0.717, 1.165) is 0 Å². The first kappa shape index (κ1) is 16.4. The fraction of sp³-hybridized carbons (Fsp3) is 0.818. The monoisotopic (exact) mass is 350 g/mol. The zero-order valence-corrected chi connectivity index (χ0v) is 12.9. The van der Waals surface area contributed by atoms with E-state index >= 15 is 0 Å². The lowest BCUT2D eigenvalue weighted by molar-refractivity contribution is -0.127. The summed E-state index contributed by atoms with van der Waals surface area (Å²) in [6, 6.07) is -2.51. The van der Waals surface area contributed by atoms with E-state index < -0.39 is 46.6 Å². The number of hydrogen-bond acceptors (Lipinski definition) is 7. The Morgan fingerprint density at radius 2 is 2.09 bits per heavy atom. The number of β-amino-alcohol motifs (C(OH)–C–C–N with tert-alkyl or cyclic N) is 1. The molecule has 4 N–H and O–H groups in total. The fourth-order valence-electron chi connectivity index (χ4n) is 3.20. The van der Waals surface area contributed by atoms with Gasteiger partial charge in [0.15, 0.2) is 0 Å². The number of urea groups is 1. The maximum atomic E-state index is 12.4.